The van der Waals surface area contributed by atoms with Gasteiger partial charge in [-0.1, -0.05) is 43.5 Å². The number of rotatable bonds is 18. The van der Waals surface area contributed by atoms with E-state index >= 15 is 0 Å². The summed E-state index contributed by atoms with van der Waals surface area (Å²) < 4.78 is 128. The van der Waals surface area contributed by atoms with Gasteiger partial charge in [0.25, 0.3) is 47.8 Å². The van der Waals surface area contributed by atoms with E-state index in [1.54, 1.807) is 14.4 Å². The second kappa shape index (κ2) is 51.5. The molecule has 1 aliphatic carbocycles. The van der Waals surface area contributed by atoms with Crippen molar-refractivity contribution in [3.63, 3.8) is 0 Å². The molecule has 9 atom stereocenters. The summed E-state index contributed by atoms with van der Waals surface area (Å²) in [6.07, 6.45) is 14.7. The van der Waals surface area contributed by atoms with Gasteiger partial charge in [0.1, 0.15) is 87.3 Å². The summed E-state index contributed by atoms with van der Waals surface area (Å²) in [6.45, 7) is 4.15. The first kappa shape index (κ1) is 116. The van der Waals surface area contributed by atoms with E-state index in [9.17, 15) is 113 Å². The molecule has 4 aromatic carbocycles. The van der Waals surface area contributed by atoms with E-state index in [0.717, 1.165) is 139 Å². The van der Waals surface area contributed by atoms with Gasteiger partial charge in [-0.3, -0.25) is 72.2 Å². The zero-order chi connectivity index (χ0) is 96.5. The molecule has 4 aromatic heterocycles. The van der Waals surface area contributed by atoms with E-state index in [4.69, 9.17) is 25.3 Å². The fraction of sp³-hybridized carbons (Fsp3) is 0.404. The number of esters is 1. The molecule has 50 heteroatoms. The van der Waals surface area contributed by atoms with Crippen molar-refractivity contribution < 1.29 is 261 Å². The molecule has 1 saturated carbocycles. The van der Waals surface area contributed by atoms with E-state index in [-0.39, 0.29) is 298 Å². The molecule has 7 amide bonds. The number of aromatic nitrogens is 4. The number of piperidine rings is 3. The largest absolute Gasteiger partial charge is 2.00 e. The number of carbonyl (C=O) groups is 9. The second-order valence-electron chi connectivity index (χ2n) is 32.9. The van der Waals surface area contributed by atoms with Gasteiger partial charge in [-0.2, -0.15) is 0 Å². The molecule has 18 rings (SSSR count). The monoisotopic (exact) mass is 2140 g/mol. The van der Waals surface area contributed by atoms with Gasteiger partial charge in [-0.05, 0) is 75.6 Å². The van der Waals surface area contributed by atoms with Crippen LogP contribution >= 0.6 is 0 Å². The number of nitrogens with zero attached hydrogens (tertiary/aromatic N) is 10. The standard InChI is InChI=1S/C22H22F2N4O4.2C21H20F2N4O4.C18H18F2N2O7.C6H13N.CH2O3.2BrH.2K.Mg.H/c1-32-20-18-22(31)28-14-3-2-6-26(9-14)17(28)11-27(18)10-15(19(20)29)21(30)25-8-12-4-5-13(23)7-16(12)24;2*22-12-4-3-11(15(23)6-12)7-24-20(30)14-9-26-10-16-25-5-1-2-13(8-25)27(16)21(31)17(26)19(29)18(14)28;1-28-16-14(18(27)29-2)22(8-13(23)24)7-11(15(16)25)17(26)21-6-9-3-4-10(19)5-12(9)20;7-6-4-2-1-3-5-6;2-1-4-3;;;;;;/h4-5,7,10,14,17H,2-3,6,8-9,11H2,1H3,(H,25,30);2*3-4,6,9,13,16,29H,1-2,5,7-8,10H2,(H,24,30);3-5,7,13,23-24H,6,8H2,1-2H3,(H,21,26);6H,1-5,7H2;1,3H;2*1H;;;;/q;;;;;;;;2*+1;+2;-1/p-3/t14-,17?;2*13-,16?;;;;;;;;;/m111........./s1. The number of amides is 7. The van der Waals surface area contributed by atoms with Crippen LogP contribution in [-0.4, -0.2) is 254 Å². The Morgan fingerprint density at radius 3 is 1.05 bits per heavy atom. The Morgan fingerprint density at radius 1 is 0.460 bits per heavy atom. The molecule has 139 heavy (non-hydrogen) atoms. The summed E-state index contributed by atoms with van der Waals surface area (Å²) in [5.74, 6) is -14.0. The SMILES string of the molecule is COC(=O)c1c(OC)c(=O)c(C(=O)NCc2ccc(F)cc2F)cn1CC(O)O.COc1c2n(cc(C(=O)NCc3ccc(F)cc3F)c1=O)CC1N3CCC[C@H](C3)N1C2=O.NC1CCCCC1.O=C(NCc1ccc(F)cc1F)c1cn2c(c(O)c1=O)C(=O)N1C(C2)N2CCC[C@@H]1C2.O=C(NCc1ccc(F)cc1F)c1cn2c(c(O)c1=O)C(=O)N1C(C2)N2CCC[C@@H]1C2.O=CO[O-].[Br-].[Br-].[H-].[K+].[K+].[Mg+2]. The topological polar surface area (TPSA) is 476 Å². The molecule has 732 valence electrons. The first-order chi connectivity index (χ1) is 64.1. The van der Waals surface area contributed by atoms with Crippen molar-refractivity contribution in [1.82, 2.24) is 68.9 Å². The van der Waals surface area contributed by atoms with Gasteiger partial charge < -0.3 is 140 Å². The third kappa shape index (κ3) is 25.9. The van der Waals surface area contributed by atoms with Gasteiger partial charge in [-0.15, -0.1) is 0 Å². The Hall–Kier alpha value is -8.73. The van der Waals surface area contributed by atoms with Crippen LogP contribution in [-0.2, 0) is 66.8 Å². The predicted molar refractivity (Wildman–Crippen MR) is 458 cm³/mol. The molecule has 6 saturated heterocycles. The number of aromatic hydroxyl groups is 2. The summed E-state index contributed by atoms with van der Waals surface area (Å²) in [6, 6.07) is 12.5. The van der Waals surface area contributed by atoms with Crippen LogP contribution < -0.4 is 200 Å². The minimum absolute atomic E-state index is 0. The zero-order valence-electron chi connectivity index (χ0n) is 76.8. The Kier molecular flexibility index (Phi) is 42.8. The maximum absolute atomic E-state index is 13.9. The van der Waals surface area contributed by atoms with Gasteiger partial charge >= 0.3 is 132 Å². The average Bonchev–Trinajstić information content (AvgIpc) is 1.56. The molecule has 37 nitrogen and oxygen atoms in total. The Morgan fingerprint density at radius 2 is 0.763 bits per heavy atom. The van der Waals surface area contributed by atoms with Crippen LogP contribution in [0, 0.1) is 46.5 Å². The number of hydrogen-bond donors (Lipinski definition) is 9. The van der Waals surface area contributed by atoms with E-state index in [2.05, 4.69) is 45.6 Å². The first-order valence-electron chi connectivity index (χ1n) is 42.7. The summed E-state index contributed by atoms with van der Waals surface area (Å²) >= 11 is 0. The number of nitrogens with one attached hydrogen (secondary N) is 4. The van der Waals surface area contributed by atoms with Gasteiger partial charge in [-0.25, -0.2) is 39.9 Å². The van der Waals surface area contributed by atoms with Crippen LogP contribution in [0.4, 0.5) is 35.1 Å². The molecule has 8 aromatic rings. The van der Waals surface area contributed by atoms with Gasteiger partial charge in [0.15, 0.2) is 52.1 Å². The van der Waals surface area contributed by atoms with Crippen LogP contribution in [0.3, 0.4) is 0 Å². The summed E-state index contributed by atoms with van der Waals surface area (Å²) in [5.41, 5.74) is 0.299. The number of benzene rings is 4. The Balaban J connectivity index is 0.000000241. The van der Waals surface area contributed by atoms with Crippen molar-refractivity contribution in [2.45, 2.75) is 172 Å². The molecular weight excluding hydrogens is 2050 g/mol. The normalized spacial score (nSPS) is 19.8. The maximum Gasteiger partial charge on any atom is 2.00 e. The van der Waals surface area contributed by atoms with E-state index < -0.39 is 151 Å². The predicted octanol–water partition coefficient (Wildman–Crippen LogP) is -9.01. The number of pyridine rings is 4. The minimum Gasteiger partial charge on any atom is -1.00 e. The smallest absolute Gasteiger partial charge is 1.00 e. The number of fused-ring (bicyclic) bond motifs is 18. The molecule has 0 radical (unpaired) electrons. The van der Waals surface area contributed by atoms with Crippen LogP contribution in [0.1, 0.15) is 178 Å². The fourth-order valence-corrected chi connectivity index (χ4v) is 18.3. The molecule has 10 aliphatic rings. The summed E-state index contributed by atoms with van der Waals surface area (Å²) in [5, 5.41) is 57.5. The van der Waals surface area contributed by atoms with E-state index in [1.807, 2.05) is 4.90 Å². The molecule has 9 aliphatic heterocycles. The number of carbonyl (C=O) groups excluding carboxylic acids is 9. The number of halogens is 10. The first-order valence-corrected chi connectivity index (χ1v) is 42.7. The summed E-state index contributed by atoms with van der Waals surface area (Å²) in [7, 11) is 3.42. The van der Waals surface area contributed by atoms with Crippen LogP contribution in [0.2, 0.25) is 0 Å². The van der Waals surface area contributed by atoms with Gasteiger partial charge in [0.05, 0.1) is 47.5 Å². The molecular formula is C89H95Br2F8K2MgN15O22. The Bertz CT molecular complexity index is 6020. The molecule has 0 spiro atoms. The van der Waals surface area contributed by atoms with Crippen molar-refractivity contribution in [2.24, 2.45) is 5.73 Å². The molecule has 10 N–H and O–H groups in total. The molecule has 13 heterocycles. The third-order valence-electron chi connectivity index (χ3n) is 24.7. The quantitative estimate of drug-likeness (QED) is 0.00733. The number of hydrogen-bond acceptors (Lipinski definition) is 26. The number of nitrogens with two attached hydrogens (primary N) is 1. The number of methoxy groups -OCH3 is 3. The van der Waals surface area contributed by atoms with Crippen LogP contribution in [0.25, 0.3) is 0 Å². The Labute approximate surface area is 910 Å². The summed E-state index contributed by atoms with van der Waals surface area (Å²) in [4.78, 5) is 176. The van der Waals surface area contributed by atoms with Crippen LogP contribution in [0.5, 0.6) is 23.0 Å². The van der Waals surface area contributed by atoms with Crippen molar-refractivity contribution in [2.75, 3.05) is 60.6 Å². The van der Waals surface area contributed by atoms with Gasteiger partial charge in [0, 0.05) is 161 Å². The minimum atomic E-state index is -1.92. The molecule has 6 bridgehead atoms. The third-order valence-corrected chi connectivity index (χ3v) is 24.7. The molecule has 6 unspecified atom stereocenters. The number of ether oxygens (including phenoxy) is 3. The van der Waals surface area contributed by atoms with Gasteiger partial charge in [0.2, 0.25) is 21.7 Å². The van der Waals surface area contributed by atoms with E-state index in [0.29, 0.717) is 43.9 Å². The van der Waals surface area contributed by atoms with E-state index in [1.165, 1.54) is 85.1 Å². The van der Waals surface area contributed by atoms with Crippen molar-refractivity contribution in [3.8, 4) is 23.0 Å². The molecule has 7 fully saturated rings. The van der Waals surface area contributed by atoms with Crippen molar-refractivity contribution in [3.05, 3.63) is 252 Å². The van der Waals surface area contributed by atoms with Crippen molar-refractivity contribution >= 4 is 76.8 Å². The maximum atomic E-state index is 13.9. The zero-order valence-corrected chi connectivity index (χ0v) is 86.6. The average molecular weight is 2140 g/mol. The second-order valence-corrected chi connectivity index (χ2v) is 32.9. The van der Waals surface area contributed by atoms with Crippen molar-refractivity contribution in [1.29, 1.82) is 0 Å². The van der Waals surface area contributed by atoms with Crippen LogP contribution in [0.15, 0.2) is 117 Å². The number of aliphatic hydroxyl groups excluding tert-OH is 1. The number of aliphatic hydroxyl groups is 2. The fourth-order valence-electron chi connectivity index (χ4n) is 18.3.